The fourth-order valence-corrected chi connectivity index (χ4v) is 7.70. The third kappa shape index (κ3) is 18.4. The van der Waals surface area contributed by atoms with Gasteiger partial charge in [0.15, 0.2) is 26.3 Å². The third-order valence-corrected chi connectivity index (χ3v) is 15.9. The molecular weight excluding hydrogens is 787 g/mol. The van der Waals surface area contributed by atoms with Crippen molar-refractivity contribution in [1.82, 2.24) is 5.32 Å². The maximum atomic E-state index is 14.5. The van der Waals surface area contributed by atoms with Crippen LogP contribution in [-0.2, 0) is 53.7 Å². The summed E-state index contributed by atoms with van der Waals surface area (Å²) in [5.41, 5.74) is -2.84. The number of phenols is 1. The van der Waals surface area contributed by atoms with Crippen LogP contribution in [0.1, 0.15) is 138 Å². The van der Waals surface area contributed by atoms with E-state index in [0.717, 1.165) is 52.1 Å². The summed E-state index contributed by atoms with van der Waals surface area (Å²) in [5, 5.41) is 24.8. The summed E-state index contributed by atoms with van der Waals surface area (Å²) in [6.45, 7) is 18.1. The molecular formula is C46H77NO12Si. The quantitative estimate of drug-likeness (QED) is 0.0254. The van der Waals surface area contributed by atoms with Crippen molar-refractivity contribution in [2.24, 2.45) is 5.92 Å². The van der Waals surface area contributed by atoms with Crippen LogP contribution in [0.4, 0.5) is 0 Å². The Bertz CT molecular complexity index is 1490. The minimum absolute atomic E-state index is 0.00841. The molecule has 3 atom stereocenters. The highest BCUT2D eigenvalue weighted by atomic mass is 28.4. The molecule has 0 spiro atoms. The number of nitrogens with one attached hydrogen (secondary N) is 1. The number of carbonyl (C=O) groups excluding carboxylic acids is 4. The zero-order valence-corrected chi connectivity index (χ0v) is 39.3. The smallest absolute Gasteiger partial charge is 0.344 e. The predicted molar refractivity (Wildman–Crippen MR) is 234 cm³/mol. The van der Waals surface area contributed by atoms with Crippen molar-refractivity contribution in [3.8, 4) is 5.75 Å². The molecule has 13 nitrogen and oxygen atoms in total. The Morgan fingerprint density at radius 2 is 1.48 bits per heavy atom. The molecule has 3 N–H and O–H groups in total. The minimum atomic E-state index is -2.40. The molecule has 1 amide bonds. The van der Waals surface area contributed by atoms with Crippen molar-refractivity contribution in [3.63, 3.8) is 0 Å². The number of hydrogen-bond acceptors (Lipinski definition) is 12. The highest BCUT2D eigenvalue weighted by molar-refractivity contribution is 6.74. The van der Waals surface area contributed by atoms with E-state index in [1.165, 1.54) is 43.9 Å². The molecule has 0 aromatic heterocycles. The lowest BCUT2D eigenvalue weighted by atomic mass is 9.82. The third-order valence-electron chi connectivity index (χ3n) is 11.3. The summed E-state index contributed by atoms with van der Waals surface area (Å²) in [4.78, 5) is 53.8. The number of ether oxygens (including phenoxy) is 5. The maximum Gasteiger partial charge on any atom is 0.344 e. The van der Waals surface area contributed by atoms with Crippen molar-refractivity contribution in [1.29, 1.82) is 0 Å². The molecule has 1 aliphatic heterocycles. The Kier molecular flexibility index (Phi) is 22.0. The molecule has 1 aliphatic rings. The number of aromatic hydroxyl groups is 1. The minimum Gasteiger partial charge on any atom is -0.508 e. The summed E-state index contributed by atoms with van der Waals surface area (Å²) < 4.78 is 34.2. The largest absolute Gasteiger partial charge is 0.508 e. The normalized spacial score (nSPS) is 16.5. The first-order chi connectivity index (χ1) is 28.1. The Labute approximate surface area is 360 Å². The van der Waals surface area contributed by atoms with Gasteiger partial charge in [0, 0.05) is 32.3 Å². The number of amides is 1. The molecule has 1 heterocycles. The summed E-state index contributed by atoms with van der Waals surface area (Å²) in [7, 11) is -1.19. The Morgan fingerprint density at radius 3 is 2.03 bits per heavy atom. The van der Waals surface area contributed by atoms with Crippen LogP contribution in [0.5, 0.6) is 5.75 Å². The number of unbranched alkanes of at least 4 members (excludes halogenated alkanes) is 8. The van der Waals surface area contributed by atoms with E-state index in [9.17, 15) is 29.4 Å². The summed E-state index contributed by atoms with van der Waals surface area (Å²) in [5.74, 6) is -5.55. The topological polar surface area (TPSA) is 176 Å². The molecule has 0 aliphatic carbocycles. The van der Waals surface area contributed by atoms with Crippen molar-refractivity contribution in [2.45, 2.75) is 180 Å². The summed E-state index contributed by atoms with van der Waals surface area (Å²) in [6, 6.07) is 4.69. The number of methoxy groups -OCH3 is 1. The maximum absolute atomic E-state index is 14.5. The fraction of sp³-hybridized carbons (Fsp3) is 0.739. The van der Waals surface area contributed by atoms with Crippen molar-refractivity contribution in [3.05, 3.63) is 42.0 Å². The molecule has 14 heteroatoms. The highest BCUT2D eigenvalue weighted by Crippen LogP contribution is 2.38. The van der Waals surface area contributed by atoms with E-state index >= 15 is 0 Å². The zero-order valence-electron chi connectivity index (χ0n) is 38.3. The Hall–Kier alpha value is -3.30. The van der Waals surface area contributed by atoms with Crippen LogP contribution in [0.15, 0.2) is 36.4 Å². The van der Waals surface area contributed by atoms with Crippen molar-refractivity contribution >= 4 is 32.1 Å². The zero-order chi connectivity index (χ0) is 45.0. The summed E-state index contributed by atoms with van der Waals surface area (Å²) in [6.07, 6.45) is 14.8. The van der Waals surface area contributed by atoms with E-state index in [4.69, 9.17) is 23.4 Å². The first-order valence-corrected chi connectivity index (χ1v) is 24.8. The molecule has 0 bridgehead atoms. The van der Waals surface area contributed by atoms with Crippen LogP contribution in [0, 0.1) is 5.92 Å². The lowest BCUT2D eigenvalue weighted by molar-refractivity contribution is -0.185. The van der Waals surface area contributed by atoms with E-state index in [0.29, 0.717) is 25.2 Å². The highest BCUT2D eigenvalue weighted by Gasteiger charge is 2.50. The van der Waals surface area contributed by atoms with Crippen molar-refractivity contribution in [2.75, 3.05) is 33.5 Å². The average molecular weight is 864 g/mol. The average Bonchev–Trinajstić information content (AvgIpc) is 3.63. The van der Waals surface area contributed by atoms with Crippen LogP contribution in [-0.4, -0.2) is 98.9 Å². The monoisotopic (exact) mass is 864 g/mol. The van der Waals surface area contributed by atoms with E-state index in [1.54, 1.807) is 39.0 Å². The standard InChI is InChI=1S/C46H77NO12Si/c1-11-12-13-17-20-27-45(56-31-32-57-45)28-21-18-15-14-16-19-22-37(46(53,42(52)59-43(2,3)4)29-30-58-60(9,10)44(5,6)7)40(50)47-38(41(51)55-34-39(49)54-8)33-35-23-25-36(48)26-24-35/h19,22-26,37-38,48,53H,11-18,20-21,27-34H2,1-10H3,(H,47,50)/b22-19+/t37-,38+,46?/m1/s1. The number of rotatable bonds is 27. The van der Waals surface area contributed by atoms with Gasteiger partial charge in [-0.25, -0.2) is 14.4 Å². The molecule has 2 rings (SSSR count). The molecule has 1 aromatic carbocycles. The second kappa shape index (κ2) is 25.0. The van der Waals surface area contributed by atoms with Crippen LogP contribution < -0.4 is 5.32 Å². The molecule has 1 fully saturated rings. The van der Waals surface area contributed by atoms with Crippen molar-refractivity contribution < 1.29 is 57.5 Å². The number of benzene rings is 1. The predicted octanol–water partition coefficient (Wildman–Crippen LogP) is 8.24. The first kappa shape index (κ1) is 52.8. The number of hydrogen-bond donors (Lipinski definition) is 3. The van der Waals surface area contributed by atoms with E-state index in [-0.39, 0.29) is 30.2 Å². The van der Waals surface area contributed by atoms with Gasteiger partial charge in [-0.05, 0) is 82.3 Å². The van der Waals surface area contributed by atoms with Gasteiger partial charge in [-0.1, -0.05) is 90.5 Å². The molecule has 60 heavy (non-hydrogen) atoms. The van der Waals surface area contributed by atoms with Gasteiger partial charge in [-0.15, -0.1) is 0 Å². The van der Waals surface area contributed by atoms with Crippen LogP contribution in [0.2, 0.25) is 18.1 Å². The van der Waals surface area contributed by atoms with Gasteiger partial charge in [-0.2, -0.15) is 0 Å². The van der Waals surface area contributed by atoms with Gasteiger partial charge >= 0.3 is 17.9 Å². The summed E-state index contributed by atoms with van der Waals surface area (Å²) >= 11 is 0. The molecule has 0 saturated carbocycles. The molecule has 1 unspecified atom stereocenters. The van der Waals surface area contributed by atoms with Crippen LogP contribution in [0.25, 0.3) is 0 Å². The van der Waals surface area contributed by atoms with Crippen LogP contribution in [0.3, 0.4) is 0 Å². The number of aliphatic hydroxyl groups is 1. The number of allylic oxidation sites excluding steroid dienone is 1. The number of carbonyl (C=O) groups is 4. The van der Waals surface area contributed by atoms with Gasteiger partial charge in [0.1, 0.15) is 17.4 Å². The number of esters is 3. The molecule has 342 valence electrons. The molecule has 1 aromatic rings. The van der Waals surface area contributed by atoms with E-state index < -0.39 is 67.7 Å². The number of phenolic OH excluding ortho intramolecular Hbond substituents is 1. The second-order valence-electron chi connectivity index (χ2n) is 18.5. The van der Waals surface area contributed by atoms with Gasteiger partial charge in [-0.3, -0.25) is 4.79 Å². The van der Waals surface area contributed by atoms with Gasteiger partial charge in [0.25, 0.3) is 0 Å². The second-order valence-corrected chi connectivity index (χ2v) is 23.3. The van der Waals surface area contributed by atoms with E-state index in [1.807, 2.05) is 0 Å². The van der Waals surface area contributed by atoms with Gasteiger partial charge < -0.3 is 43.6 Å². The lowest BCUT2D eigenvalue weighted by Crippen LogP contribution is -2.57. The first-order valence-electron chi connectivity index (χ1n) is 21.9. The van der Waals surface area contributed by atoms with E-state index in [2.05, 4.69) is 50.8 Å². The Balaban J connectivity index is 2.36. The van der Waals surface area contributed by atoms with Crippen LogP contribution >= 0.6 is 0 Å². The molecule has 0 radical (unpaired) electrons. The SMILES string of the molecule is CCCCCCCC1(CCCCCC/C=C/[C@H](C(=O)N[C@@H](Cc2ccc(O)cc2)C(=O)OCC(=O)OC)C(O)(CCO[Si](C)(C)C(C)(C)C)C(=O)OC(C)(C)C)OCCO1. The molecule has 1 saturated heterocycles. The van der Waals surface area contributed by atoms with Gasteiger partial charge in [0.05, 0.1) is 26.2 Å². The lowest BCUT2D eigenvalue weighted by Gasteiger charge is -2.38. The fourth-order valence-electron chi connectivity index (χ4n) is 6.66. The van der Waals surface area contributed by atoms with Gasteiger partial charge in [0.2, 0.25) is 5.91 Å². The Morgan fingerprint density at radius 1 is 0.900 bits per heavy atom.